The van der Waals surface area contributed by atoms with Crippen molar-refractivity contribution in [1.82, 2.24) is 5.32 Å². The second kappa shape index (κ2) is 6.06. The van der Waals surface area contributed by atoms with Gasteiger partial charge in [-0.1, -0.05) is 32.4 Å². The zero-order chi connectivity index (χ0) is 12.1. The fourth-order valence-electron chi connectivity index (χ4n) is 2.42. The molecule has 2 heteroatoms. The molecule has 0 aliphatic carbocycles. The van der Waals surface area contributed by atoms with Gasteiger partial charge in [-0.2, -0.15) is 0 Å². The number of hydrogen-bond donors (Lipinski definition) is 1. The number of ether oxygens (including phenoxy) is 1. The van der Waals surface area contributed by atoms with Crippen LogP contribution in [-0.2, 0) is 6.42 Å². The van der Waals surface area contributed by atoms with E-state index in [4.69, 9.17) is 4.74 Å². The van der Waals surface area contributed by atoms with Gasteiger partial charge in [0, 0.05) is 12.5 Å². The van der Waals surface area contributed by atoms with E-state index in [0.717, 1.165) is 25.3 Å². The van der Waals surface area contributed by atoms with E-state index < -0.39 is 0 Å². The predicted molar refractivity (Wildman–Crippen MR) is 71.6 cm³/mol. The third-order valence-corrected chi connectivity index (χ3v) is 3.33. The van der Waals surface area contributed by atoms with Gasteiger partial charge in [0.05, 0.1) is 6.61 Å². The first-order chi connectivity index (χ1) is 8.35. The molecule has 1 atom stereocenters. The standard InChI is InChI=1S/C15H23NO/c1-3-5-14(16-9-4-2)12-6-7-15-13(11-12)8-10-17-15/h6-7,11,14,16H,3-5,8-10H2,1-2H3. The molecule has 0 saturated heterocycles. The molecule has 0 bridgehead atoms. The van der Waals surface area contributed by atoms with Gasteiger partial charge in [0.2, 0.25) is 0 Å². The predicted octanol–water partition coefficient (Wildman–Crippen LogP) is 3.46. The lowest BCUT2D eigenvalue weighted by atomic mass is 9.99. The van der Waals surface area contributed by atoms with Crippen LogP contribution in [0.3, 0.4) is 0 Å². The summed E-state index contributed by atoms with van der Waals surface area (Å²) in [6, 6.07) is 7.18. The highest BCUT2D eigenvalue weighted by molar-refractivity contribution is 5.40. The Hall–Kier alpha value is -1.02. The minimum absolute atomic E-state index is 0.505. The molecule has 1 aliphatic rings. The Morgan fingerprint density at radius 3 is 2.94 bits per heavy atom. The molecule has 17 heavy (non-hydrogen) atoms. The monoisotopic (exact) mass is 233 g/mol. The maximum Gasteiger partial charge on any atom is 0.122 e. The summed E-state index contributed by atoms with van der Waals surface area (Å²) in [4.78, 5) is 0. The summed E-state index contributed by atoms with van der Waals surface area (Å²) in [6.45, 7) is 6.40. The second-order valence-corrected chi connectivity index (χ2v) is 4.76. The quantitative estimate of drug-likeness (QED) is 0.812. The fourth-order valence-corrected chi connectivity index (χ4v) is 2.42. The van der Waals surface area contributed by atoms with Crippen molar-refractivity contribution in [2.24, 2.45) is 0 Å². The third-order valence-electron chi connectivity index (χ3n) is 3.33. The maximum atomic E-state index is 5.55. The van der Waals surface area contributed by atoms with Crippen molar-refractivity contribution in [3.8, 4) is 5.75 Å². The summed E-state index contributed by atoms with van der Waals surface area (Å²) in [5.41, 5.74) is 2.80. The Morgan fingerprint density at radius 1 is 1.29 bits per heavy atom. The SMILES string of the molecule is CCCNC(CCC)c1ccc2c(c1)CCO2. The molecule has 94 valence electrons. The van der Waals surface area contributed by atoms with Crippen molar-refractivity contribution in [2.45, 2.75) is 45.6 Å². The number of rotatable bonds is 6. The number of hydrogen-bond acceptors (Lipinski definition) is 2. The summed E-state index contributed by atoms with van der Waals surface area (Å²) in [5, 5.41) is 3.64. The molecule has 1 N–H and O–H groups in total. The molecule has 1 unspecified atom stereocenters. The van der Waals surface area contributed by atoms with Gasteiger partial charge in [-0.25, -0.2) is 0 Å². The molecule has 1 aliphatic heterocycles. The van der Waals surface area contributed by atoms with E-state index in [9.17, 15) is 0 Å². The minimum Gasteiger partial charge on any atom is -0.493 e. The smallest absolute Gasteiger partial charge is 0.122 e. The van der Waals surface area contributed by atoms with Crippen molar-refractivity contribution < 1.29 is 4.74 Å². The first-order valence-electron chi connectivity index (χ1n) is 6.84. The fraction of sp³-hybridized carbons (Fsp3) is 0.600. The largest absolute Gasteiger partial charge is 0.493 e. The van der Waals surface area contributed by atoms with Crippen LogP contribution in [0.2, 0.25) is 0 Å². The van der Waals surface area contributed by atoms with Crippen molar-refractivity contribution in [2.75, 3.05) is 13.2 Å². The highest BCUT2D eigenvalue weighted by atomic mass is 16.5. The van der Waals surface area contributed by atoms with E-state index in [1.165, 1.54) is 30.4 Å². The highest BCUT2D eigenvalue weighted by Gasteiger charge is 2.15. The van der Waals surface area contributed by atoms with Crippen molar-refractivity contribution >= 4 is 0 Å². The van der Waals surface area contributed by atoms with Crippen LogP contribution >= 0.6 is 0 Å². The molecule has 0 saturated carbocycles. The molecule has 0 fully saturated rings. The molecule has 1 heterocycles. The zero-order valence-corrected chi connectivity index (χ0v) is 11.0. The first kappa shape index (κ1) is 12.4. The first-order valence-corrected chi connectivity index (χ1v) is 6.84. The van der Waals surface area contributed by atoms with Crippen LogP contribution in [0.4, 0.5) is 0 Å². The Morgan fingerprint density at radius 2 is 2.18 bits per heavy atom. The zero-order valence-electron chi connectivity index (χ0n) is 11.0. The lowest BCUT2D eigenvalue weighted by Crippen LogP contribution is -2.22. The molecule has 1 aromatic carbocycles. The van der Waals surface area contributed by atoms with Crippen LogP contribution in [0.25, 0.3) is 0 Å². The molecular formula is C15H23NO. The normalized spacial score (nSPS) is 15.4. The molecule has 0 spiro atoms. The van der Waals surface area contributed by atoms with E-state index in [1.54, 1.807) is 0 Å². The van der Waals surface area contributed by atoms with Gasteiger partial charge in [-0.05, 0) is 36.6 Å². The number of benzene rings is 1. The van der Waals surface area contributed by atoms with Crippen LogP contribution in [0.15, 0.2) is 18.2 Å². The number of fused-ring (bicyclic) bond motifs is 1. The molecule has 0 radical (unpaired) electrons. The molecular weight excluding hydrogens is 210 g/mol. The van der Waals surface area contributed by atoms with Crippen LogP contribution < -0.4 is 10.1 Å². The third kappa shape index (κ3) is 3.01. The molecule has 2 nitrogen and oxygen atoms in total. The summed E-state index contributed by atoms with van der Waals surface area (Å²) in [5.74, 6) is 1.08. The Balaban J connectivity index is 2.11. The summed E-state index contributed by atoms with van der Waals surface area (Å²) < 4.78 is 5.55. The van der Waals surface area contributed by atoms with E-state index in [-0.39, 0.29) is 0 Å². The topological polar surface area (TPSA) is 21.3 Å². The van der Waals surface area contributed by atoms with Crippen molar-refractivity contribution in [1.29, 1.82) is 0 Å². The lowest BCUT2D eigenvalue weighted by molar-refractivity contribution is 0.356. The average Bonchev–Trinajstić information content (AvgIpc) is 2.81. The van der Waals surface area contributed by atoms with E-state index in [1.807, 2.05) is 0 Å². The van der Waals surface area contributed by atoms with Gasteiger partial charge >= 0.3 is 0 Å². The molecule has 1 aromatic rings. The second-order valence-electron chi connectivity index (χ2n) is 4.76. The molecule has 0 amide bonds. The minimum atomic E-state index is 0.505. The highest BCUT2D eigenvalue weighted by Crippen LogP contribution is 2.29. The van der Waals surface area contributed by atoms with Gasteiger partial charge in [0.1, 0.15) is 5.75 Å². The maximum absolute atomic E-state index is 5.55. The lowest BCUT2D eigenvalue weighted by Gasteiger charge is -2.19. The van der Waals surface area contributed by atoms with Crippen LogP contribution in [0.1, 0.15) is 50.3 Å². The summed E-state index contributed by atoms with van der Waals surface area (Å²) in [7, 11) is 0. The number of nitrogens with one attached hydrogen (secondary N) is 1. The van der Waals surface area contributed by atoms with Gasteiger partial charge in [-0.15, -0.1) is 0 Å². The van der Waals surface area contributed by atoms with Crippen molar-refractivity contribution in [3.05, 3.63) is 29.3 Å². The Kier molecular flexibility index (Phi) is 4.43. The van der Waals surface area contributed by atoms with E-state index in [2.05, 4.69) is 37.4 Å². The van der Waals surface area contributed by atoms with Crippen molar-refractivity contribution in [3.63, 3.8) is 0 Å². The Labute approximate surface area is 104 Å². The van der Waals surface area contributed by atoms with E-state index in [0.29, 0.717) is 6.04 Å². The van der Waals surface area contributed by atoms with E-state index >= 15 is 0 Å². The van der Waals surface area contributed by atoms with Gasteiger partial charge in [-0.3, -0.25) is 0 Å². The van der Waals surface area contributed by atoms with Gasteiger partial charge in [0.15, 0.2) is 0 Å². The Bertz CT molecular complexity index is 362. The average molecular weight is 233 g/mol. The summed E-state index contributed by atoms with van der Waals surface area (Å²) >= 11 is 0. The summed E-state index contributed by atoms with van der Waals surface area (Å²) in [6.07, 6.45) is 4.68. The molecule has 0 aromatic heterocycles. The van der Waals surface area contributed by atoms with Gasteiger partial charge < -0.3 is 10.1 Å². The van der Waals surface area contributed by atoms with Crippen LogP contribution in [0.5, 0.6) is 5.75 Å². The van der Waals surface area contributed by atoms with Gasteiger partial charge in [0.25, 0.3) is 0 Å². The molecule has 2 rings (SSSR count). The van der Waals surface area contributed by atoms with Crippen LogP contribution in [0, 0.1) is 0 Å². The van der Waals surface area contributed by atoms with Crippen LogP contribution in [-0.4, -0.2) is 13.2 Å².